The molecule has 0 radical (unpaired) electrons. The van der Waals surface area contributed by atoms with E-state index in [0.29, 0.717) is 11.1 Å². The third kappa shape index (κ3) is 4.29. The van der Waals surface area contributed by atoms with Crippen molar-refractivity contribution in [2.75, 3.05) is 16.8 Å². The van der Waals surface area contributed by atoms with Crippen molar-refractivity contribution in [1.29, 1.82) is 0 Å². The molecule has 1 aromatic carbocycles. The zero-order chi connectivity index (χ0) is 20.3. The van der Waals surface area contributed by atoms with Crippen LogP contribution in [0.5, 0.6) is 0 Å². The molecule has 142 valence electrons. The number of nitrogens with one attached hydrogen (secondary N) is 2. The van der Waals surface area contributed by atoms with Crippen molar-refractivity contribution in [2.24, 2.45) is 0 Å². The minimum absolute atomic E-state index is 0.00869. The minimum atomic E-state index is -0.813. The minimum Gasteiger partial charge on any atom is -0.373 e. The predicted molar refractivity (Wildman–Crippen MR) is 102 cm³/mol. The summed E-state index contributed by atoms with van der Waals surface area (Å²) in [6.45, 7) is 5.06. The van der Waals surface area contributed by atoms with E-state index >= 15 is 0 Å². The molecule has 2 N–H and O–H groups in total. The van der Waals surface area contributed by atoms with E-state index in [9.17, 15) is 18.8 Å². The molecule has 0 spiro atoms. The highest BCUT2D eigenvalue weighted by Gasteiger charge is 2.37. The number of amides is 3. The molecule has 1 heterocycles. The van der Waals surface area contributed by atoms with Gasteiger partial charge in [-0.1, -0.05) is 23.1 Å². The van der Waals surface area contributed by atoms with Crippen LogP contribution in [-0.2, 0) is 14.4 Å². The Labute approximate surface area is 161 Å². The fourth-order valence-electron chi connectivity index (χ4n) is 2.60. The third-order valence-electron chi connectivity index (χ3n) is 4.05. The van der Waals surface area contributed by atoms with Crippen LogP contribution in [0.25, 0.3) is 0 Å². The first-order chi connectivity index (χ1) is 12.7. The number of carbonyl (C=O) groups excluding carboxylic acids is 3. The van der Waals surface area contributed by atoms with Crippen LogP contribution in [0.3, 0.4) is 0 Å². The maximum atomic E-state index is 14.4. The number of hydrogen-bond donors (Lipinski definition) is 2. The number of rotatable bonds is 5. The highest BCUT2D eigenvalue weighted by Crippen LogP contribution is 2.35. The van der Waals surface area contributed by atoms with E-state index in [1.54, 1.807) is 20.8 Å². The molecular weight excluding hydrogens is 373 g/mol. The van der Waals surface area contributed by atoms with Crippen LogP contribution >= 0.6 is 11.6 Å². The number of hydrogen-bond acceptors (Lipinski definition) is 4. The third-order valence-corrected chi connectivity index (χ3v) is 4.36. The van der Waals surface area contributed by atoms with Crippen molar-refractivity contribution in [1.82, 2.24) is 5.32 Å². The van der Waals surface area contributed by atoms with Gasteiger partial charge >= 0.3 is 0 Å². The van der Waals surface area contributed by atoms with Gasteiger partial charge in [-0.3, -0.25) is 14.4 Å². The van der Waals surface area contributed by atoms with Crippen LogP contribution in [-0.4, -0.2) is 30.3 Å². The lowest BCUT2D eigenvalue weighted by atomic mass is 10.1. The first kappa shape index (κ1) is 20.5. The Bertz CT molecular complexity index is 885. The molecule has 1 atom stereocenters. The molecule has 1 fully saturated rings. The Morgan fingerprint density at radius 1 is 1.41 bits per heavy atom. The van der Waals surface area contributed by atoms with Crippen molar-refractivity contribution in [3.8, 4) is 12.3 Å². The summed E-state index contributed by atoms with van der Waals surface area (Å²) in [5.41, 5.74) is 1.03. The quantitative estimate of drug-likeness (QED) is 0.459. The SMILES string of the molecule is C#CCNC(=O)C(C)Nc1cc(N2C(=O)CC(=C(C)C)C2=O)c(F)cc1Cl. The molecule has 1 aromatic rings. The Hall–Kier alpha value is -2.85. The number of terminal acetylenes is 1. The smallest absolute Gasteiger partial charge is 0.261 e. The number of anilines is 2. The van der Waals surface area contributed by atoms with Crippen LogP contribution in [0.1, 0.15) is 27.2 Å². The van der Waals surface area contributed by atoms with Crippen LogP contribution in [0.15, 0.2) is 23.3 Å². The lowest BCUT2D eigenvalue weighted by Crippen LogP contribution is -2.37. The van der Waals surface area contributed by atoms with Gasteiger partial charge in [0.25, 0.3) is 5.91 Å². The largest absolute Gasteiger partial charge is 0.373 e. The first-order valence-electron chi connectivity index (χ1n) is 8.17. The maximum absolute atomic E-state index is 14.4. The van der Waals surface area contributed by atoms with Gasteiger partial charge in [-0.2, -0.15) is 0 Å². The van der Waals surface area contributed by atoms with Gasteiger partial charge in [0.1, 0.15) is 11.9 Å². The molecule has 27 heavy (non-hydrogen) atoms. The predicted octanol–water partition coefficient (Wildman–Crippen LogP) is 2.63. The fourth-order valence-corrected chi connectivity index (χ4v) is 2.80. The number of nitrogens with zero attached hydrogens (tertiary/aromatic N) is 1. The summed E-state index contributed by atoms with van der Waals surface area (Å²) in [5.74, 6) is 0.00332. The Balaban J connectivity index is 2.35. The Morgan fingerprint density at radius 2 is 2.07 bits per heavy atom. The molecular formula is C19H19ClFN3O3. The van der Waals surface area contributed by atoms with E-state index in [1.165, 1.54) is 6.07 Å². The number of benzene rings is 1. The summed E-state index contributed by atoms with van der Waals surface area (Å²) in [7, 11) is 0. The van der Waals surface area contributed by atoms with Crippen LogP contribution in [0.4, 0.5) is 15.8 Å². The van der Waals surface area contributed by atoms with Gasteiger partial charge in [0.2, 0.25) is 11.8 Å². The first-order valence-corrected chi connectivity index (χ1v) is 8.55. The maximum Gasteiger partial charge on any atom is 0.261 e. The van der Waals surface area contributed by atoms with Crippen molar-refractivity contribution in [3.05, 3.63) is 34.1 Å². The van der Waals surface area contributed by atoms with Crippen molar-refractivity contribution < 1.29 is 18.8 Å². The summed E-state index contributed by atoms with van der Waals surface area (Å²) < 4.78 is 14.4. The highest BCUT2D eigenvalue weighted by atomic mass is 35.5. The second kappa shape index (κ2) is 8.23. The monoisotopic (exact) mass is 391 g/mol. The lowest BCUT2D eigenvalue weighted by molar-refractivity contribution is -0.122. The van der Waals surface area contributed by atoms with Gasteiger partial charge in [-0.05, 0) is 32.9 Å². The normalized spacial score (nSPS) is 14.8. The van der Waals surface area contributed by atoms with Gasteiger partial charge in [0, 0.05) is 5.57 Å². The van der Waals surface area contributed by atoms with Crippen LogP contribution in [0, 0.1) is 18.2 Å². The number of imide groups is 1. The zero-order valence-corrected chi connectivity index (χ0v) is 15.9. The summed E-state index contributed by atoms with van der Waals surface area (Å²) in [4.78, 5) is 37.5. The summed E-state index contributed by atoms with van der Waals surface area (Å²) in [6.07, 6.45) is 5.01. The van der Waals surface area contributed by atoms with Gasteiger partial charge in [0.15, 0.2) is 0 Å². The summed E-state index contributed by atoms with van der Waals surface area (Å²) >= 11 is 6.05. The van der Waals surface area contributed by atoms with E-state index in [0.717, 1.165) is 11.0 Å². The van der Waals surface area contributed by atoms with Crippen molar-refractivity contribution in [2.45, 2.75) is 33.2 Å². The van der Waals surface area contributed by atoms with Gasteiger partial charge < -0.3 is 10.6 Å². The van der Waals surface area contributed by atoms with E-state index in [1.807, 2.05) is 0 Å². The lowest BCUT2D eigenvalue weighted by Gasteiger charge is -2.20. The molecule has 6 nitrogen and oxygen atoms in total. The molecule has 0 aromatic heterocycles. The van der Waals surface area contributed by atoms with Gasteiger partial charge in [0.05, 0.1) is 29.4 Å². The average Bonchev–Trinajstić information content (AvgIpc) is 2.90. The zero-order valence-electron chi connectivity index (χ0n) is 15.2. The Kier molecular flexibility index (Phi) is 6.24. The van der Waals surface area contributed by atoms with E-state index < -0.39 is 23.7 Å². The second-order valence-electron chi connectivity index (χ2n) is 6.26. The van der Waals surface area contributed by atoms with Gasteiger partial charge in [-0.15, -0.1) is 6.42 Å². The van der Waals surface area contributed by atoms with E-state index in [2.05, 4.69) is 16.6 Å². The summed E-state index contributed by atoms with van der Waals surface area (Å²) in [6, 6.07) is 1.51. The van der Waals surface area contributed by atoms with E-state index in [4.69, 9.17) is 18.0 Å². The molecule has 1 aliphatic rings. The van der Waals surface area contributed by atoms with E-state index in [-0.39, 0.29) is 35.3 Å². The summed E-state index contributed by atoms with van der Waals surface area (Å²) in [5, 5.41) is 5.35. The molecule has 0 saturated carbocycles. The molecule has 1 saturated heterocycles. The average molecular weight is 392 g/mol. The second-order valence-corrected chi connectivity index (χ2v) is 6.67. The number of allylic oxidation sites excluding steroid dienone is 1. The fraction of sp³-hybridized carbons (Fsp3) is 0.316. The molecule has 0 bridgehead atoms. The molecule has 3 amide bonds. The number of carbonyl (C=O) groups is 3. The standard InChI is InChI=1S/C19H19ClFN3O3/c1-5-6-22-18(26)11(4)23-15-9-16(14(21)8-13(15)20)24-17(25)7-12(10(2)3)19(24)27/h1,8-9,11,23H,6-7H2,2-4H3,(H,22,26). The van der Waals surface area contributed by atoms with Crippen LogP contribution < -0.4 is 15.5 Å². The number of halogens is 2. The van der Waals surface area contributed by atoms with Crippen LogP contribution in [0.2, 0.25) is 5.02 Å². The van der Waals surface area contributed by atoms with Crippen molar-refractivity contribution >= 4 is 40.7 Å². The topological polar surface area (TPSA) is 78.5 Å². The Morgan fingerprint density at radius 3 is 2.63 bits per heavy atom. The van der Waals surface area contributed by atoms with Gasteiger partial charge in [-0.25, -0.2) is 9.29 Å². The molecule has 8 heteroatoms. The highest BCUT2D eigenvalue weighted by molar-refractivity contribution is 6.34. The van der Waals surface area contributed by atoms with Crippen molar-refractivity contribution in [3.63, 3.8) is 0 Å². The molecule has 1 unspecified atom stereocenters. The molecule has 0 aliphatic carbocycles. The molecule has 1 aliphatic heterocycles. The molecule has 2 rings (SSSR count).